The van der Waals surface area contributed by atoms with Gasteiger partial charge in [-0.25, -0.2) is 4.79 Å². The third kappa shape index (κ3) is 4.03. The van der Waals surface area contributed by atoms with Gasteiger partial charge < -0.3 is 15.1 Å². The number of aryl methyl sites for hydroxylation is 1. The number of likely N-dealkylation sites (tertiary alicyclic amines) is 1. The Morgan fingerprint density at radius 2 is 2.04 bits per heavy atom. The largest absolute Gasteiger partial charge is 0.337 e. The molecule has 5 nitrogen and oxygen atoms in total. The highest BCUT2D eigenvalue weighted by Gasteiger charge is 2.32. The first kappa shape index (κ1) is 17.5. The van der Waals surface area contributed by atoms with Crippen molar-refractivity contribution in [1.29, 1.82) is 0 Å². The number of allylic oxidation sites excluding steroid dienone is 1. The molecule has 3 rings (SSSR count). The molecule has 1 atom stereocenters. The molecule has 0 saturated carbocycles. The van der Waals surface area contributed by atoms with Gasteiger partial charge in [0.1, 0.15) is 0 Å². The van der Waals surface area contributed by atoms with E-state index in [2.05, 4.69) is 43.4 Å². The normalized spacial score (nSPS) is 21.4. The van der Waals surface area contributed by atoms with Crippen molar-refractivity contribution in [2.45, 2.75) is 39.2 Å². The molecule has 25 heavy (non-hydrogen) atoms. The van der Waals surface area contributed by atoms with Crippen LogP contribution >= 0.6 is 0 Å². The summed E-state index contributed by atoms with van der Waals surface area (Å²) in [6.45, 7) is 6.99. The molecule has 134 valence electrons. The molecule has 5 heteroatoms. The molecule has 0 bridgehead atoms. The summed E-state index contributed by atoms with van der Waals surface area (Å²) in [6, 6.07) is 8.44. The van der Waals surface area contributed by atoms with Crippen LogP contribution in [0, 0.1) is 6.92 Å². The standard InChI is InChI=1S/C20H27N3O2/c1-3-16(17-8-6-15(2)7-9-17)13-19(24)22-11-4-5-18(14-22)23-12-10-21-20(23)25/h6-9,13,18H,3-5,10-12,14H2,1-2H3,(H,21,25)/b16-13+/t18-/m0/s1. The van der Waals surface area contributed by atoms with Gasteiger partial charge in [-0.15, -0.1) is 0 Å². The molecule has 0 unspecified atom stereocenters. The zero-order valence-corrected chi connectivity index (χ0v) is 15.1. The second-order valence-electron chi connectivity index (χ2n) is 6.89. The lowest BCUT2D eigenvalue weighted by atomic mass is 10.0. The van der Waals surface area contributed by atoms with Crippen LogP contribution in [0.25, 0.3) is 5.57 Å². The predicted octanol–water partition coefficient (Wildman–Crippen LogP) is 2.80. The summed E-state index contributed by atoms with van der Waals surface area (Å²) in [5.41, 5.74) is 3.38. The Kier molecular flexibility index (Phi) is 5.41. The minimum atomic E-state index is 0.00347. The zero-order valence-electron chi connectivity index (χ0n) is 15.1. The second kappa shape index (κ2) is 7.72. The summed E-state index contributed by atoms with van der Waals surface area (Å²) in [4.78, 5) is 28.4. The van der Waals surface area contributed by atoms with Crippen LogP contribution in [0.3, 0.4) is 0 Å². The lowest BCUT2D eigenvalue weighted by Crippen LogP contribution is -2.50. The highest BCUT2D eigenvalue weighted by atomic mass is 16.2. The molecule has 2 heterocycles. The van der Waals surface area contributed by atoms with Crippen LogP contribution in [0.5, 0.6) is 0 Å². The van der Waals surface area contributed by atoms with Crippen molar-refractivity contribution in [3.8, 4) is 0 Å². The number of benzene rings is 1. The molecular weight excluding hydrogens is 314 g/mol. The van der Waals surface area contributed by atoms with Crippen molar-refractivity contribution in [2.24, 2.45) is 0 Å². The van der Waals surface area contributed by atoms with E-state index < -0.39 is 0 Å². The number of amides is 3. The number of hydrogen-bond acceptors (Lipinski definition) is 2. The average molecular weight is 341 g/mol. The average Bonchev–Trinajstić information content (AvgIpc) is 3.06. The van der Waals surface area contributed by atoms with E-state index >= 15 is 0 Å². The molecule has 1 aromatic rings. The Hall–Kier alpha value is -2.30. The van der Waals surface area contributed by atoms with E-state index in [9.17, 15) is 9.59 Å². The third-order valence-electron chi connectivity index (χ3n) is 5.14. The van der Waals surface area contributed by atoms with Crippen LogP contribution < -0.4 is 5.32 Å². The molecule has 0 spiro atoms. The van der Waals surface area contributed by atoms with E-state index in [0.29, 0.717) is 13.1 Å². The summed E-state index contributed by atoms with van der Waals surface area (Å²) in [6.07, 6.45) is 4.51. The van der Waals surface area contributed by atoms with Crippen LogP contribution in [0.1, 0.15) is 37.3 Å². The number of hydrogen-bond donors (Lipinski definition) is 1. The van der Waals surface area contributed by atoms with E-state index in [0.717, 1.165) is 43.5 Å². The highest BCUT2D eigenvalue weighted by Crippen LogP contribution is 2.21. The fraction of sp³-hybridized carbons (Fsp3) is 0.500. The summed E-state index contributed by atoms with van der Waals surface area (Å²) in [5, 5.41) is 2.85. The highest BCUT2D eigenvalue weighted by molar-refractivity contribution is 5.95. The predicted molar refractivity (Wildman–Crippen MR) is 99.2 cm³/mol. The first-order valence-corrected chi connectivity index (χ1v) is 9.19. The van der Waals surface area contributed by atoms with Gasteiger partial charge >= 0.3 is 6.03 Å². The van der Waals surface area contributed by atoms with Crippen LogP contribution in [0.2, 0.25) is 0 Å². The zero-order chi connectivity index (χ0) is 17.8. The maximum Gasteiger partial charge on any atom is 0.317 e. The Morgan fingerprint density at radius 1 is 1.28 bits per heavy atom. The number of nitrogens with zero attached hydrogens (tertiary/aromatic N) is 2. The Morgan fingerprint density at radius 3 is 2.68 bits per heavy atom. The van der Waals surface area contributed by atoms with Crippen LogP contribution in [0.4, 0.5) is 4.79 Å². The maximum absolute atomic E-state index is 12.8. The van der Waals surface area contributed by atoms with E-state index in [1.165, 1.54) is 5.56 Å². The number of piperidine rings is 1. The number of nitrogens with one attached hydrogen (secondary N) is 1. The minimum Gasteiger partial charge on any atom is -0.337 e. The van der Waals surface area contributed by atoms with Gasteiger partial charge in [0.05, 0.1) is 6.04 Å². The number of carbonyl (C=O) groups excluding carboxylic acids is 2. The van der Waals surface area contributed by atoms with Crippen molar-refractivity contribution in [2.75, 3.05) is 26.2 Å². The van der Waals surface area contributed by atoms with Gasteiger partial charge in [-0.2, -0.15) is 0 Å². The number of rotatable bonds is 4. The minimum absolute atomic E-state index is 0.00347. The Balaban J connectivity index is 1.70. The lowest BCUT2D eigenvalue weighted by molar-refractivity contribution is -0.127. The van der Waals surface area contributed by atoms with Gasteiger partial charge in [0.15, 0.2) is 0 Å². The summed E-state index contributed by atoms with van der Waals surface area (Å²) in [5.74, 6) is 0.0572. The molecule has 2 fully saturated rings. The molecule has 1 N–H and O–H groups in total. The van der Waals surface area contributed by atoms with E-state index in [-0.39, 0.29) is 18.0 Å². The maximum atomic E-state index is 12.8. The summed E-state index contributed by atoms with van der Waals surface area (Å²) in [7, 11) is 0. The molecule has 2 aliphatic rings. The second-order valence-corrected chi connectivity index (χ2v) is 6.89. The Bertz CT molecular complexity index is 666. The van der Waals surface area contributed by atoms with Gasteiger partial charge in [0, 0.05) is 32.3 Å². The van der Waals surface area contributed by atoms with Crippen molar-refractivity contribution in [3.05, 3.63) is 41.5 Å². The van der Waals surface area contributed by atoms with Gasteiger partial charge in [-0.1, -0.05) is 36.8 Å². The molecule has 0 radical (unpaired) electrons. The SMILES string of the molecule is CC/C(=C\C(=O)N1CCC[C@H](N2CCNC2=O)C1)c1ccc(C)cc1. The lowest BCUT2D eigenvalue weighted by Gasteiger charge is -2.36. The molecule has 2 saturated heterocycles. The summed E-state index contributed by atoms with van der Waals surface area (Å²) >= 11 is 0. The number of carbonyl (C=O) groups is 2. The van der Waals surface area contributed by atoms with Gasteiger partial charge in [0.2, 0.25) is 5.91 Å². The monoisotopic (exact) mass is 341 g/mol. The van der Waals surface area contributed by atoms with Crippen molar-refractivity contribution in [1.82, 2.24) is 15.1 Å². The van der Waals surface area contributed by atoms with Gasteiger partial charge in [-0.3, -0.25) is 4.79 Å². The van der Waals surface area contributed by atoms with Gasteiger partial charge in [0.25, 0.3) is 0 Å². The Labute approximate surface area is 149 Å². The molecule has 1 aromatic carbocycles. The van der Waals surface area contributed by atoms with Crippen LogP contribution in [-0.2, 0) is 4.79 Å². The van der Waals surface area contributed by atoms with Crippen molar-refractivity contribution >= 4 is 17.5 Å². The van der Waals surface area contributed by atoms with E-state index in [1.54, 1.807) is 6.08 Å². The molecule has 0 aromatic heterocycles. The third-order valence-corrected chi connectivity index (χ3v) is 5.14. The van der Waals surface area contributed by atoms with Gasteiger partial charge in [-0.05, 0) is 37.3 Å². The van der Waals surface area contributed by atoms with Crippen LogP contribution in [-0.4, -0.2) is 54.0 Å². The molecular formula is C20H27N3O2. The topological polar surface area (TPSA) is 52.7 Å². The number of urea groups is 1. The smallest absolute Gasteiger partial charge is 0.317 e. The first-order valence-electron chi connectivity index (χ1n) is 9.19. The molecule has 3 amide bonds. The van der Waals surface area contributed by atoms with E-state index in [4.69, 9.17) is 0 Å². The first-order chi connectivity index (χ1) is 12.1. The molecule has 0 aliphatic carbocycles. The fourth-order valence-electron chi connectivity index (χ4n) is 3.64. The van der Waals surface area contributed by atoms with Crippen molar-refractivity contribution < 1.29 is 9.59 Å². The fourth-order valence-corrected chi connectivity index (χ4v) is 3.64. The molecule has 2 aliphatic heterocycles. The van der Waals surface area contributed by atoms with Crippen LogP contribution in [0.15, 0.2) is 30.3 Å². The van der Waals surface area contributed by atoms with Crippen molar-refractivity contribution in [3.63, 3.8) is 0 Å². The summed E-state index contributed by atoms with van der Waals surface area (Å²) < 4.78 is 0. The quantitative estimate of drug-likeness (QED) is 0.856. The van der Waals surface area contributed by atoms with E-state index in [1.807, 2.05) is 9.80 Å².